The van der Waals surface area contributed by atoms with Crippen LogP contribution >= 0.6 is 0 Å². The highest BCUT2D eigenvalue weighted by molar-refractivity contribution is 5.94. The molecule has 0 atom stereocenters. The van der Waals surface area contributed by atoms with Gasteiger partial charge in [-0.05, 0) is 43.2 Å². The average molecular weight is 383 g/mol. The number of carbonyl (C=O) groups excluding carboxylic acids is 1. The summed E-state index contributed by atoms with van der Waals surface area (Å²) < 4.78 is 5.90. The van der Waals surface area contributed by atoms with Crippen molar-refractivity contribution in [2.45, 2.75) is 13.3 Å². The van der Waals surface area contributed by atoms with Crippen LogP contribution in [0.1, 0.15) is 21.5 Å². The topological polar surface area (TPSA) is 59.3 Å². The van der Waals surface area contributed by atoms with E-state index in [1.165, 1.54) is 11.6 Å². The Bertz CT molecular complexity index is 1210. The molecular formula is C25H21NO3. The highest BCUT2D eigenvalue weighted by Gasteiger charge is 2.09. The molecule has 0 unspecified atom stereocenters. The summed E-state index contributed by atoms with van der Waals surface area (Å²) >= 11 is 0. The van der Waals surface area contributed by atoms with Crippen LogP contribution in [0.15, 0.2) is 88.1 Å². The number of amides is 1. The lowest BCUT2D eigenvalue weighted by molar-refractivity contribution is 0.0954. The monoisotopic (exact) mass is 383 g/mol. The number of carbonyl (C=O) groups is 1. The van der Waals surface area contributed by atoms with E-state index in [4.69, 9.17) is 4.42 Å². The third kappa shape index (κ3) is 4.27. The van der Waals surface area contributed by atoms with Crippen molar-refractivity contribution in [2.75, 3.05) is 6.54 Å². The fourth-order valence-electron chi connectivity index (χ4n) is 3.27. The Morgan fingerprint density at radius 3 is 2.45 bits per heavy atom. The van der Waals surface area contributed by atoms with Crippen LogP contribution in [-0.4, -0.2) is 12.5 Å². The van der Waals surface area contributed by atoms with E-state index >= 15 is 0 Å². The standard InChI is InChI=1S/C25H21NO3/c1-17-7-12-23-21(15-17)22(27)16-24(29-23)19-8-10-20(11-9-19)25(28)26-14-13-18-5-3-2-4-6-18/h2-12,15-16H,13-14H2,1H3,(H,26,28). The van der Waals surface area contributed by atoms with Gasteiger partial charge in [-0.15, -0.1) is 0 Å². The minimum Gasteiger partial charge on any atom is -0.456 e. The molecule has 0 bridgehead atoms. The molecule has 4 rings (SSSR count). The molecule has 0 aliphatic heterocycles. The summed E-state index contributed by atoms with van der Waals surface area (Å²) in [5, 5.41) is 3.51. The van der Waals surface area contributed by atoms with E-state index in [2.05, 4.69) is 5.32 Å². The summed E-state index contributed by atoms with van der Waals surface area (Å²) in [6, 6.07) is 24.2. The number of fused-ring (bicyclic) bond motifs is 1. The van der Waals surface area contributed by atoms with Crippen LogP contribution in [0.4, 0.5) is 0 Å². The Balaban J connectivity index is 1.47. The SMILES string of the molecule is Cc1ccc2oc(-c3ccc(C(=O)NCCc4ccccc4)cc3)cc(=O)c2c1. The van der Waals surface area contributed by atoms with Gasteiger partial charge in [0.25, 0.3) is 5.91 Å². The van der Waals surface area contributed by atoms with E-state index in [-0.39, 0.29) is 11.3 Å². The zero-order valence-corrected chi connectivity index (χ0v) is 16.1. The molecule has 0 saturated carbocycles. The van der Waals surface area contributed by atoms with Crippen LogP contribution in [-0.2, 0) is 6.42 Å². The van der Waals surface area contributed by atoms with Gasteiger partial charge in [0.15, 0.2) is 5.43 Å². The quantitative estimate of drug-likeness (QED) is 0.541. The van der Waals surface area contributed by atoms with Crippen molar-refractivity contribution < 1.29 is 9.21 Å². The fraction of sp³-hybridized carbons (Fsp3) is 0.120. The van der Waals surface area contributed by atoms with E-state index in [1.807, 2.05) is 55.5 Å². The first-order valence-corrected chi connectivity index (χ1v) is 9.57. The molecule has 0 spiro atoms. The van der Waals surface area contributed by atoms with Gasteiger partial charge in [0.2, 0.25) is 0 Å². The molecule has 4 aromatic rings. The van der Waals surface area contributed by atoms with E-state index < -0.39 is 0 Å². The molecule has 0 fully saturated rings. The lowest BCUT2D eigenvalue weighted by atomic mass is 10.1. The van der Waals surface area contributed by atoms with Gasteiger partial charge in [-0.25, -0.2) is 0 Å². The van der Waals surface area contributed by atoms with Gasteiger partial charge in [-0.1, -0.05) is 54.1 Å². The highest BCUT2D eigenvalue weighted by atomic mass is 16.3. The maximum atomic E-state index is 12.4. The van der Waals surface area contributed by atoms with Crippen molar-refractivity contribution in [3.8, 4) is 11.3 Å². The first-order chi connectivity index (χ1) is 14.1. The molecule has 29 heavy (non-hydrogen) atoms. The van der Waals surface area contributed by atoms with Gasteiger partial charge < -0.3 is 9.73 Å². The second-order valence-electron chi connectivity index (χ2n) is 7.04. The summed E-state index contributed by atoms with van der Waals surface area (Å²) in [6.07, 6.45) is 0.784. The first kappa shape index (κ1) is 18.7. The predicted molar refractivity (Wildman–Crippen MR) is 115 cm³/mol. The molecule has 4 nitrogen and oxygen atoms in total. The van der Waals surface area contributed by atoms with Crippen molar-refractivity contribution in [3.63, 3.8) is 0 Å². The van der Waals surface area contributed by atoms with Crippen molar-refractivity contribution in [2.24, 2.45) is 0 Å². The van der Waals surface area contributed by atoms with E-state index in [0.29, 0.717) is 28.8 Å². The predicted octanol–water partition coefficient (Wildman–Crippen LogP) is 4.74. The number of hydrogen-bond donors (Lipinski definition) is 1. The molecule has 0 aliphatic carbocycles. The van der Waals surface area contributed by atoms with Crippen molar-refractivity contribution >= 4 is 16.9 Å². The van der Waals surface area contributed by atoms with Gasteiger partial charge in [0.05, 0.1) is 5.39 Å². The van der Waals surface area contributed by atoms with E-state index in [0.717, 1.165) is 17.5 Å². The fourth-order valence-corrected chi connectivity index (χ4v) is 3.27. The number of aryl methyl sites for hydroxylation is 1. The van der Waals surface area contributed by atoms with Gasteiger partial charge in [0.1, 0.15) is 11.3 Å². The molecule has 1 heterocycles. The summed E-state index contributed by atoms with van der Waals surface area (Å²) in [5.74, 6) is 0.366. The minimum absolute atomic E-state index is 0.0762. The summed E-state index contributed by atoms with van der Waals surface area (Å²) in [6.45, 7) is 2.51. The van der Waals surface area contributed by atoms with Crippen molar-refractivity contribution in [1.82, 2.24) is 5.32 Å². The number of nitrogens with one attached hydrogen (secondary N) is 1. The lowest BCUT2D eigenvalue weighted by Gasteiger charge is -2.07. The largest absolute Gasteiger partial charge is 0.456 e. The summed E-state index contributed by atoms with van der Waals surface area (Å²) in [4.78, 5) is 24.8. The number of benzene rings is 3. The third-order valence-electron chi connectivity index (χ3n) is 4.86. The van der Waals surface area contributed by atoms with Gasteiger partial charge in [0, 0.05) is 23.7 Å². The van der Waals surface area contributed by atoms with Crippen molar-refractivity contribution in [3.05, 3.63) is 106 Å². The van der Waals surface area contributed by atoms with Crippen molar-refractivity contribution in [1.29, 1.82) is 0 Å². The minimum atomic E-state index is -0.122. The molecule has 3 aromatic carbocycles. The second kappa shape index (κ2) is 8.15. The Kier molecular flexibility index (Phi) is 5.25. The van der Waals surface area contributed by atoms with Gasteiger partial charge in [-0.2, -0.15) is 0 Å². The molecule has 0 radical (unpaired) electrons. The third-order valence-corrected chi connectivity index (χ3v) is 4.86. The number of rotatable bonds is 5. The summed E-state index contributed by atoms with van der Waals surface area (Å²) in [7, 11) is 0. The maximum absolute atomic E-state index is 12.4. The van der Waals surface area contributed by atoms with E-state index in [1.54, 1.807) is 24.3 Å². The Hall–Kier alpha value is -3.66. The molecule has 4 heteroatoms. The van der Waals surface area contributed by atoms with Crippen LogP contribution < -0.4 is 10.7 Å². The number of hydrogen-bond acceptors (Lipinski definition) is 3. The average Bonchev–Trinajstić information content (AvgIpc) is 2.75. The lowest BCUT2D eigenvalue weighted by Crippen LogP contribution is -2.25. The normalized spacial score (nSPS) is 10.8. The Labute approximate surface area is 168 Å². The highest BCUT2D eigenvalue weighted by Crippen LogP contribution is 2.23. The van der Waals surface area contributed by atoms with Crippen LogP contribution in [0, 0.1) is 6.92 Å². The summed E-state index contributed by atoms with van der Waals surface area (Å²) in [5.41, 5.74) is 4.00. The van der Waals surface area contributed by atoms with Crippen LogP contribution in [0.2, 0.25) is 0 Å². The first-order valence-electron chi connectivity index (χ1n) is 9.57. The maximum Gasteiger partial charge on any atom is 0.251 e. The Morgan fingerprint density at radius 2 is 1.69 bits per heavy atom. The van der Waals surface area contributed by atoms with Crippen LogP contribution in [0.25, 0.3) is 22.3 Å². The molecule has 1 N–H and O–H groups in total. The van der Waals surface area contributed by atoms with Gasteiger partial charge in [-0.3, -0.25) is 9.59 Å². The smallest absolute Gasteiger partial charge is 0.251 e. The van der Waals surface area contributed by atoms with Crippen LogP contribution in [0.5, 0.6) is 0 Å². The van der Waals surface area contributed by atoms with Gasteiger partial charge >= 0.3 is 0 Å². The molecule has 0 aliphatic rings. The molecule has 0 saturated heterocycles. The second-order valence-corrected chi connectivity index (χ2v) is 7.04. The zero-order valence-electron chi connectivity index (χ0n) is 16.1. The Morgan fingerprint density at radius 1 is 0.931 bits per heavy atom. The van der Waals surface area contributed by atoms with E-state index in [9.17, 15) is 9.59 Å². The molecule has 1 amide bonds. The zero-order chi connectivity index (χ0) is 20.2. The molecular weight excluding hydrogens is 362 g/mol. The molecule has 1 aromatic heterocycles. The van der Waals surface area contributed by atoms with Crippen LogP contribution in [0.3, 0.4) is 0 Å². The molecule has 144 valence electrons.